The fourth-order valence-corrected chi connectivity index (χ4v) is 1.93. The first-order valence-electron chi connectivity index (χ1n) is 5.69. The van der Waals surface area contributed by atoms with Gasteiger partial charge in [0.05, 0.1) is 11.0 Å². The molecule has 0 saturated carbocycles. The van der Waals surface area contributed by atoms with Crippen LogP contribution in [0, 0.1) is 0 Å². The van der Waals surface area contributed by atoms with Gasteiger partial charge in [-0.1, -0.05) is 12.1 Å². The monoisotopic (exact) mass is 224 g/mol. The Balaban J connectivity index is 1.92. The molecule has 0 fully saturated rings. The van der Waals surface area contributed by atoms with Crippen molar-refractivity contribution >= 4 is 11.0 Å². The molecule has 0 saturated heterocycles. The Labute approximate surface area is 99.8 Å². The van der Waals surface area contributed by atoms with Crippen molar-refractivity contribution < 1.29 is 4.57 Å². The number of hydrogen-bond donors (Lipinski definition) is 1. The molecule has 3 heteroatoms. The zero-order chi connectivity index (χ0) is 11.7. The van der Waals surface area contributed by atoms with Crippen molar-refractivity contribution in [3.05, 3.63) is 60.2 Å². The summed E-state index contributed by atoms with van der Waals surface area (Å²) in [5.41, 5.74) is 3.40. The molecule has 3 aromatic rings. The van der Waals surface area contributed by atoms with E-state index >= 15 is 0 Å². The minimum Gasteiger partial charge on any atom is -0.342 e. The number of aryl methyl sites for hydroxylation is 1. The summed E-state index contributed by atoms with van der Waals surface area (Å²) in [6.45, 7) is 0. The standard InChI is InChI=1S/C14H14N3/c1-17-8-6-11(7-9-17)10-14-15-12-4-2-3-5-13(12)16-14/h2-9H,10H2,1H3,(H,15,16)/q+1. The van der Waals surface area contributed by atoms with Gasteiger partial charge in [0.15, 0.2) is 12.4 Å². The summed E-state index contributed by atoms with van der Waals surface area (Å²) in [6.07, 6.45) is 4.95. The van der Waals surface area contributed by atoms with Gasteiger partial charge in [-0.2, -0.15) is 0 Å². The van der Waals surface area contributed by atoms with Crippen LogP contribution in [0.4, 0.5) is 0 Å². The Morgan fingerprint density at radius 3 is 2.65 bits per heavy atom. The number of rotatable bonds is 2. The van der Waals surface area contributed by atoms with Gasteiger partial charge < -0.3 is 4.98 Å². The third-order valence-electron chi connectivity index (χ3n) is 2.86. The smallest absolute Gasteiger partial charge is 0.168 e. The molecule has 0 amide bonds. The van der Waals surface area contributed by atoms with Gasteiger partial charge in [0.1, 0.15) is 12.9 Å². The molecule has 0 radical (unpaired) electrons. The topological polar surface area (TPSA) is 32.6 Å². The Kier molecular flexibility index (Phi) is 2.37. The van der Waals surface area contributed by atoms with E-state index < -0.39 is 0 Å². The van der Waals surface area contributed by atoms with E-state index in [9.17, 15) is 0 Å². The minimum absolute atomic E-state index is 0.843. The number of nitrogens with one attached hydrogen (secondary N) is 1. The predicted octanol–water partition coefficient (Wildman–Crippen LogP) is 1.98. The second kappa shape index (κ2) is 4.01. The van der Waals surface area contributed by atoms with E-state index in [0.29, 0.717) is 0 Å². The number of imidazole rings is 1. The number of para-hydroxylation sites is 2. The van der Waals surface area contributed by atoms with Gasteiger partial charge >= 0.3 is 0 Å². The van der Waals surface area contributed by atoms with E-state index in [1.54, 1.807) is 0 Å². The number of nitrogens with zero attached hydrogens (tertiary/aromatic N) is 2. The summed E-state index contributed by atoms with van der Waals surface area (Å²) in [5.74, 6) is 1.01. The highest BCUT2D eigenvalue weighted by atomic mass is 14.9. The molecule has 0 aliphatic heterocycles. The Morgan fingerprint density at radius 1 is 1.12 bits per heavy atom. The van der Waals surface area contributed by atoms with Crippen molar-refractivity contribution in [3.8, 4) is 0 Å². The Morgan fingerprint density at radius 2 is 1.88 bits per heavy atom. The molecular weight excluding hydrogens is 210 g/mol. The van der Waals surface area contributed by atoms with Crippen LogP contribution in [0.2, 0.25) is 0 Å². The number of hydrogen-bond acceptors (Lipinski definition) is 1. The van der Waals surface area contributed by atoms with Gasteiger partial charge in [0.2, 0.25) is 0 Å². The van der Waals surface area contributed by atoms with E-state index in [-0.39, 0.29) is 0 Å². The molecule has 3 nitrogen and oxygen atoms in total. The summed E-state index contributed by atoms with van der Waals surface area (Å²) >= 11 is 0. The highest BCUT2D eigenvalue weighted by Gasteiger charge is 2.03. The number of H-pyrrole nitrogens is 1. The number of benzene rings is 1. The van der Waals surface area contributed by atoms with Crippen LogP contribution in [0.5, 0.6) is 0 Å². The van der Waals surface area contributed by atoms with Crippen LogP contribution < -0.4 is 4.57 Å². The van der Waals surface area contributed by atoms with Crippen molar-refractivity contribution in [2.75, 3.05) is 0 Å². The van der Waals surface area contributed by atoms with Crippen molar-refractivity contribution in [2.45, 2.75) is 6.42 Å². The average molecular weight is 224 g/mol. The Hall–Kier alpha value is -2.16. The molecule has 1 aromatic carbocycles. The zero-order valence-electron chi connectivity index (χ0n) is 9.72. The molecule has 84 valence electrons. The molecule has 17 heavy (non-hydrogen) atoms. The second-order valence-electron chi connectivity index (χ2n) is 4.25. The number of pyridine rings is 1. The van der Waals surface area contributed by atoms with Crippen LogP contribution in [0.15, 0.2) is 48.8 Å². The van der Waals surface area contributed by atoms with Crippen LogP contribution in [0.1, 0.15) is 11.4 Å². The number of aromatic nitrogens is 3. The van der Waals surface area contributed by atoms with Crippen LogP contribution in [-0.4, -0.2) is 9.97 Å². The molecule has 0 atom stereocenters. The SMILES string of the molecule is C[n+]1ccc(Cc2nc3ccccc3[nH]2)cc1. The van der Waals surface area contributed by atoms with Crippen molar-refractivity contribution in [2.24, 2.45) is 7.05 Å². The van der Waals surface area contributed by atoms with Gasteiger partial charge in [-0.25, -0.2) is 9.55 Å². The Bertz CT molecular complexity index is 605. The average Bonchev–Trinajstić information content (AvgIpc) is 2.74. The lowest BCUT2D eigenvalue weighted by molar-refractivity contribution is -0.671. The van der Waals surface area contributed by atoms with E-state index in [2.05, 4.69) is 40.6 Å². The van der Waals surface area contributed by atoms with Gasteiger partial charge in [0, 0.05) is 18.6 Å². The molecule has 0 unspecified atom stereocenters. The van der Waals surface area contributed by atoms with Gasteiger partial charge in [0.25, 0.3) is 0 Å². The summed E-state index contributed by atoms with van der Waals surface area (Å²) in [4.78, 5) is 7.91. The maximum absolute atomic E-state index is 4.57. The highest BCUT2D eigenvalue weighted by molar-refractivity contribution is 5.74. The fourth-order valence-electron chi connectivity index (χ4n) is 1.93. The van der Waals surface area contributed by atoms with Crippen LogP contribution in [0.3, 0.4) is 0 Å². The van der Waals surface area contributed by atoms with Gasteiger partial charge in [-0.15, -0.1) is 0 Å². The number of aromatic amines is 1. The van der Waals surface area contributed by atoms with Gasteiger partial charge in [-0.3, -0.25) is 0 Å². The first-order chi connectivity index (χ1) is 8.31. The molecule has 0 spiro atoms. The molecule has 1 N–H and O–H groups in total. The molecule has 2 aromatic heterocycles. The van der Waals surface area contributed by atoms with Crippen LogP contribution in [-0.2, 0) is 13.5 Å². The maximum atomic E-state index is 4.57. The lowest BCUT2D eigenvalue weighted by Crippen LogP contribution is -2.25. The first-order valence-corrected chi connectivity index (χ1v) is 5.69. The lowest BCUT2D eigenvalue weighted by Gasteiger charge is -1.95. The van der Waals surface area contributed by atoms with Crippen molar-refractivity contribution in [1.29, 1.82) is 0 Å². The fraction of sp³-hybridized carbons (Fsp3) is 0.143. The lowest BCUT2D eigenvalue weighted by atomic mass is 10.2. The molecule has 3 rings (SSSR count). The molecule has 0 aliphatic carbocycles. The predicted molar refractivity (Wildman–Crippen MR) is 66.5 cm³/mol. The third kappa shape index (κ3) is 2.04. The normalized spacial score (nSPS) is 10.9. The van der Waals surface area contributed by atoms with E-state index in [1.807, 2.05) is 29.8 Å². The van der Waals surface area contributed by atoms with Crippen LogP contribution in [0.25, 0.3) is 11.0 Å². The summed E-state index contributed by atoms with van der Waals surface area (Å²) in [6, 6.07) is 12.3. The first kappa shape index (κ1) is 10.0. The summed E-state index contributed by atoms with van der Waals surface area (Å²) < 4.78 is 2.03. The minimum atomic E-state index is 0.843. The van der Waals surface area contributed by atoms with Crippen molar-refractivity contribution in [3.63, 3.8) is 0 Å². The maximum Gasteiger partial charge on any atom is 0.168 e. The van der Waals surface area contributed by atoms with Crippen molar-refractivity contribution in [1.82, 2.24) is 9.97 Å². The van der Waals surface area contributed by atoms with Gasteiger partial charge in [-0.05, 0) is 17.7 Å². The van der Waals surface area contributed by atoms with E-state index in [4.69, 9.17) is 0 Å². The zero-order valence-corrected chi connectivity index (χ0v) is 9.72. The molecular formula is C14H14N3+. The summed E-state index contributed by atoms with van der Waals surface area (Å²) in [5, 5.41) is 0. The van der Waals surface area contributed by atoms with E-state index in [1.165, 1.54) is 5.56 Å². The largest absolute Gasteiger partial charge is 0.342 e. The number of fused-ring (bicyclic) bond motifs is 1. The molecule has 0 bridgehead atoms. The quantitative estimate of drug-likeness (QED) is 0.663. The van der Waals surface area contributed by atoms with E-state index in [0.717, 1.165) is 23.3 Å². The third-order valence-corrected chi connectivity index (χ3v) is 2.86. The molecule has 2 heterocycles. The van der Waals surface area contributed by atoms with Crippen LogP contribution >= 0.6 is 0 Å². The second-order valence-corrected chi connectivity index (χ2v) is 4.25. The summed E-state index contributed by atoms with van der Waals surface area (Å²) in [7, 11) is 2.02. The molecule has 0 aliphatic rings. The highest BCUT2D eigenvalue weighted by Crippen LogP contribution is 2.12.